The third kappa shape index (κ3) is 5.41. The fourth-order valence-electron chi connectivity index (χ4n) is 3.34. The summed E-state index contributed by atoms with van der Waals surface area (Å²) in [6.07, 6.45) is 0.129. The topological polar surface area (TPSA) is 88.5 Å². The first-order valence-electron chi connectivity index (χ1n) is 8.77. The predicted octanol–water partition coefficient (Wildman–Crippen LogP) is 1.65. The van der Waals surface area contributed by atoms with Crippen molar-refractivity contribution in [3.05, 3.63) is 11.6 Å². The molecular formula is C18H29ClO6. The van der Waals surface area contributed by atoms with Gasteiger partial charge in [0.1, 0.15) is 6.10 Å². The Hall–Kier alpha value is -0.660. The zero-order valence-electron chi connectivity index (χ0n) is 15.2. The van der Waals surface area contributed by atoms with Crippen LogP contribution >= 0.6 is 11.6 Å². The quantitative estimate of drug-likeness (QED) is 0.304. The van der Waals surface area contributed by atoms with Crippen LogP contribution in [-0.2, 0) is 19.0 Å². The highest BCUT2D eigenvalue weighted by Gasteiger charge is 2.48. The minimum absolute atomic E-state index is 0.0297. The maximum Gasteiger partial charge on any atom is 0.330 e. The Morgan fingerprint density at radius 3 is 2.60 bits per heavy atom. The van der Waals surface area contributed by atoms with Gasteiger partial charge in [-0.15, -0.1) is 11.6 Å². The molecule has 6 nitrogen and oxygen atoms in total. The predicted molar refractivity (Wildman–Crippen MR) is 93.4 cm³/mol. The fraction of sp³-hybridized carbons (Fsp3) is 0.833. The smallest absolute Gasteiger partial charge is 0.330 e. The lowest BCUT2D eigenvalue weighted by Gasteiger charge is -2.38. The van der Waals surface area contributed by atoms with Crippen molar-refractivity contribution in [2.45, 2.75) is 69.5 Å². The van der Waals surface area contributed by atoms with Gasteiger partial charge in [0.2, 0.25) is 0 Å². The third-order valence-corrected chi connectivity index (χ3v) is 5.62. The fourth-order valence-corrected chi connectivity index (χ4v) is 3.48. The summed E-state index contributed by atoms with van der Waals surface area (Å²) in [6.45, 7) is 6.12. The van der Waals surface area contributed by atoms with Crippen molar-refractivity contribution in [1.82, 2.24) is 0 Å². The average Bonchev–Trinajstić information content (AvgIpc) is 3.32. The molecule has 0 unspecified atom stereocenters. The van der Waals surface area contributed by atoms with Gasteiger partial charge in [-0.3, -0.25) is 0 Å². The summed E-state index contributed by atoms with van der Waals surface area (Å²) in [4.78, 5) is 11.2. The van der Waals surface area contributed by atoms with E-state index in [1.54, 1.807) is 6.92 Å². The van der Waals surface area contributed by atoms with Crippen LogP contribution in [0, 0.1) is 11.8 Å². The van der Waals surface area contributed by atoms with Crippen LogP contribution in [0.3, 0.4) is 0 Å². The molecule has 2 heterocycles. The van der Waals surface area contributed by atoms with Gasteiger partial charge in [-0.05, 0) is 26.7 Å². The van der Waals surface area contributed by atoms with Crippen LogP contribution in [0.5, 0.6) is 0 Å². The Balaban J connectivity index is 1.84. The zero-order chi connectivity index (χ0) is 18.7. The van der Waals surface area contributed by atoms with Crippen LogP contribution in [-0.4, -0.2) is 65.8 Å². The van der Waals surface area contributed by atoms with Crippen molar-refractivity contribution < 1.29 is 29.2 Å². The van der Waals surface area contributed by atoms with Gasteiger partial charge in [-0.25, -0.2) is 4.79 Å². The summed E-state index contributed by atoms with van der Waals surface area (Å²) in [5.74, 6) is -0.373. The Labute approximate surface area is 154 Å². The maximum atomic E-state index is 11.2. The summed E-state index contributed by atoms with van der Waals surface area (Å²) in [5, 5.41) is 20.8. The molecule has 0 bridgehead atoms. The highest BCUT2D eigenvalue weighted by Crippen LogP contribution is 2.39. The number of carbonyl (C=O) groups is 1. The molecule has 0 radical (unpaired) electrons. The summed E-state index contributed by atoms with van der Waals surface area (Å²) in [5.41, 5.74) is 0.733. The third-order valence-electron chi connectivity index (χ3n) is 5.23. The summed E-state index contributed by atoms with van der Waals surface area (Å²) >= 11 is 6.10. The van der Waals surface area contributed by atoms with Crippen LogP contribution in [0.25, 0.3) is 0 Å². The van der Waals surface area contributed by atoms with Crippen molar-refractivity contribution >= 4 is 17.6 Å². The highest BCUT2D eigenvalue weighted by molar-refractivity contribution is 6.20. The van der Waals surface area contributed by atoms with E-state index in [0.29, 0.717) is 19.4 Å². The molecule has 0 aromatic rings. The number of hydrogen-bond acceptors (Lipinski definition) is 6. The second kappa shape index (κ2) is 8.82. The first kappa shape index (κ1) is 20.6. The second-order valence-corrected chi connectivity index (χ2v) is 7.93. The van der Waals surface area contributed by atoms with Gasteiger partial charge in [0, 0.05) is 23.3 Å². The second-order valence-electron chi connectivity index (χ2n) is 7.24. The van der Waals surface area contributed by atoms with E-state index >= 15 is 0 Å². The van der Waals surface area contributed by atoms with E-state index in [4.69, 9.17) is 21.1 Å². The largest absolute Gasteiger partial charge is 0.466 e. The monoisotopic (exact) mass is 376 g/mol. The molecule has 0 saturated carbocycles. The number of rotatable bonds is 7. The van der Waals surface area contributed by atoms with Gasteiger partial charge in [0.15, 0.2) is 0 Å². The van der Waals surface area contributed by atoms with Crippen molar-refractivity contribution in [2.75, 3.05) is 13.7 Å². The molecule has 2 aliphatic heterocycles. The van der Waals surface area contributed by atoms with Gasteiger partial charge in [0.05, 0.1) is 38.1 Å². The molecule has 0 amide bonds. The first-order valence-corrected chi connectivity index (χ1v) is 9.20. The molecule has 0 spiro atoms. The minimum Gasteiger partial charge on any atom is -0.466 e. The molecule has 0 aliphatic carbocycles. The lowest BCUT2D eigenvalue weighted by molar-refractivity contribution is -0.165. The minimum atomic E-state index is -0.999. The summed E-state index contributed by atoms with van der Waals surface area (Å²) in [6, 6.07) is 0. The summed E-state index contributed by atoms with van der Waals surface area (Å²) in [7, 11) is 1.31. The Kier molecular flexibility index (Phi) is 7.29. The van der Waals surface area contributed by atoms with Gasteiger partial charge in [-0.2, -0.15) is 0 Å². The van der Waals surface area contributed by atoms with Crippen molar-refractivity contribution in [2.24, 2.45) is 11.8 Å². The first-order chi connectivity index (χ1) is 11.7. The highest BCUT2D eigenvalue weighted by atomic mass is 35.5. The van der Waals surface area contributed by atoms with Gasteiger partial charge in [0.25, 0.3) is 0 Å². The molecule has 2 rings (SSSR count). The van der Waals surface area contributed by atoms with Gasteiger partial charge < -0.3 is 24.4 Å². The molecule has 8 atom stereocenters. The lowest BCUT2D eigenvalue weighted by atomic mass is 9.85. The molecule has 0 aromatic carbocycles. The molecule has 25 heavy (non-hydrogen) atoms. The summed E-state index contributed by atoms with van der Waals surface area (Å²) < 4.78 is 16.0. The van der Waals surface area contributed by atoms with Crippen LogP contribution in [0.1, 0.15) is 33.6 Å². The Morgan fingerprint density at radius 1 is 1.32 bits per heavy atom. The number of alkyl halides is 1. The number of epoxide rings is 1. The molecule has 144 valence electrons. The number of aliphatic hydroxyl groups is 2. The molecule has 2 saturated heterocycles. The number of aliphatic hydroxyl groups excluding tert-OH is 2. The number of ether oxygens (including phenoxy) is 3. The molecule has 2 N–H and O–H groups in total. The van der Waals surface area contributed by atoms with E-state index in [1.807, 2.05) is 6.92 Å². The number of methoxy groups -OCH3 is 1. The zero-order valence-corrected chi connectivity index (χ0v) is 16.0. The maximum absolute atomic E-state index is 11.2. The number of halogens is 1. The van der Waals surface area contributed by atoms with Crippen LogP contribution in [0.15, 0.2) is 11.6 Å². The number of hydrogen-bond donors (Lipinski definition) is 2. The van der Waals surface area contributed by atoms with Crippen molar-refractivity contribution in [3.63, 3.8) is 0 Å². The van der Waals surface area contributed by atoms with Crippen molar-refractivity contribution in [1.29, 1.82) is 0 Å². The average molecular weight is 377 g/mol. The van der Waals surface area contributed by atoms with E-state index < -0.39 is 24.3 Å². The Morgan fingerprint density at radius 2 is 2.00 bits per heavy atom. The molecule has 2 fully saturated rings. The van der Waals surface area contributed by atoms with Gasteiger partial charge in [-0.1, -0.05) is 12.5 Å². The number of esters is 1. The normalized spacial score (nSPS) is 38.1. The lowest BCUT2D eigenvalue weighted by Crippen LogP contribution is -2.50. The molecule has 0 aromatic heterocycles. The van der Waals surface area contributed by atoms with E-state index in [1.165, 1.54) is 13.2 Å². The van der Waals surface area contributed by atoms with Crippen LogP contribution in [0.2, 0.25) is 0 Å². The van der Waals surface area contributed by atoms with Gasteiger partial charge >= 0.3 is 5.97 Å². The SMILES string of the molecule is COC(=O)/C=C(\C)C[C@@H]1OC[C@H](C[C@@H]2O[C@H]2[C@@H](C)[C@H](C)Cl)[C@@H](O)[C@H]1O. The number of carbonyl (C=O) groups excluding carboxylic acids is 1. The molecule has 2 aliphatic rings. The van der Waals surface area contributed by atoms with E-state index in [9.17, 15) is 15.0 Å². The van der Waals surface area contributed by atoms with Crippen LogP contribution in [0.4, 0.5) is 0 Å². The Bertz CT molecular complexity index is 494. The standard InChI is InChI=1S/C18H29ClO6/c1-9(6-15(20)23-4)5-13-17(22)16(21)12(8-24-13)7-14-18(25-14)10(2)11(3)19/h6,10-14,16-18,21-22H,5,7-8H2,1-4H3/b9-6+/t10-,11-,12-,13-,14-,16+,17-,18-/m0/s1. The van der Waals surface area contributed by atoms with Crippen molar-refractivity contribution in [3.8, 4) is 0 Å². The van der Waals surface area contributed by atoms with E-state index in [2.05, 4.69) is 11.7 Å². The van der Waals surface area contributed by atoms with Crippen LogP contribution < -0.4 is 0 Å². The van der Waals surface area contributed by atoms with E-state index in [-0.39, 0.29) is 29.4 Å². The molecular weight excluding hydrogens is 348 g/mol. The van der Waals surface area contributed by atoms with E-state index in [0.717, 1.165) is 5.57 Å². The molecule has 7 heteroatoms.